The van der Waals surface area contributed by atoms with Gasteiger partial charge in [-0.3, -0.25) is 4.90 Å². The Labute approximate surface area is 131 Å². The van der Waals surface area contributed by atoms with Crippen LogP contribution in [0.2, 0.25) is 0 Å². The van der Waals surface area contributed by atoms with Gasteiger partial charge in [0.05, 0.1) is 0 Å². The Morgan fingerprint density at radius 3 is 2.14 bits per heavy atom. The molecule has 3 atom stereocenters. The number of carbonyl (C=O) groups excluding carboxylic acids is 1. The van der Waals surface area contributed by atoms with E-state index in [0.29, 0.717) is 0 Å². The first-order chi connectivity index (χ1) is 10.5. The van der Waals surface area contributed by atoms with Crippen molar-refractivity contribution in [1.29, 1.82) is 0 Å². The Hall–Kier alpha value is -2.13. The van der Waals surface area contributed by atoms with Crippen LogP contribution in [0.25, 0.3) is 0 Å². The summed E-state index contributed by atoms with van der Waals surface area (Å²) in [5.74, 6) is -0.201. The van der Waals surface area contributed by atoms with Crippen molar-refractivity contribution in [1.82, 2.24) is 4.90 Å². The maximum atomic E-state index is 12.8. The van der Waals surface area contributed by atoms with Crippen LogP contribution in [0.3, 0.4) is 0 Å². The third-order valence-electron chi connectivity index (χ3n) is 4.85. The quantitative estimate of drug-likeness (QED) is 0.794. The summed E-state index contributed by atoms with van der Waals surface area (Å²) in [6.45, 7) is 4.04. The fourth-order valence-corrected chi connectivity index (χ4v) is 3.16. The first-order valence-electron chi connectivity index (χ1n) is 7.59. The van der Waals surface area contributed by atoms with Crippen LogP contribution >= 0.6 is 0 Å². The Bertz CT molecular complexity index is 656. The van der Waals surface area contributed by atoms with Gasteiger partial charge in [0.25, 0.3) is 0 Å². The molecule has 114 valence electrons. The molecule has 1 aliphatic rings. The van der Waals surface area contributed by atoms with Gasteiger partial charge < -0.3 is 4.74 Å². The van der Waals surface area contributed by atoms with Crippen molar-refractivity contribution >= 4 is 5.97 Å². The van der Waals surface area contributed by atoms with E-state index < -0.39 is 5.54 Å². The second kappa shape index (κ2) is 5.58. The number of rotatable bonds is 2. The van der Waals surface area contributed by atoms with Crippen molar-refractivity contribution in [2.75, 3.05) is 7.05 Å². The molecule has 0 saturated carbocycles. The lowest BCUT2D eigenvalue weighted by atomic mass is 9.85. The number of hydrogen-bond donors (Lipinski definition) is 0. The molecule has 0 N–H and O–H groups in total. The van der Waals surface area contributed by atoms with Gasteiger partial charge in [0.1, 0.15) is 11.6 Å². The highest BCUT2D eigenvalue weighted by molar-refractivity contribution is 5.83. The SMILES string of the molecule is C[C@H]1[C@@H](c2ccccc2)OC(=O)[C@@](C)(c2ccccc2)N1C. The maximum Gasteiger partial charge on any atom is 0.331 e. The van der Waals surface area contributed by atoms with E-state index >= 15 is 0 Å². The van der Waals surface area contributed by atoms with Crippen LogP contribution in [0, 0.1) is 0 Å². The van der Waals surface area contributed by atoms with Gasteiger partial charge in [-0.2, -0.15) is 0 Å². The molecule has 0 spiro atoms. The van der Waals surface area contributed by atoms with Crippen molar-refractivity contribution < 1.29 is 9.53 Å². The van der Waals surface area contributed by atoms with Gasteiger partial charge in [0, 0.05) is 6.04 Å². The third-order valence-corrected chi connectivity index (χ3v) is 4.85. The van der Waals surface area contributed by atoms with Crippen molar-refractivity contribution in [2.45, 2.75) is 31.5 Å². The van der Waals surface area contributed by atoms with Gasteiger partial charge in [-0.05, 0) is 32.0 Å². The molecule has 1 heterocycles. The molecule has 0 unspecified atom stereocenters. The summed E-state index contributed by atoms with van der Waals surface area (Å²) in [5, 5.41) is 0. The highest BCUT2D eigenvalue weighted by Crippen LogP contribution is 2.40. The second-order valence-corrected chi connectivity index (χ2v) is 6.03. The number of benzene rings is 2. The lowest BCUT2D eigenvalue weighted by Crippen LogP contribution is -2.58. The van der Waals surface area contributed by atoms with Gasteiger partial charge >= 0.3 is 5.97 Å². The molecule has 1 aliphatic heterocycles. The molecule has 1 fully saturated rings. The van der Waals surface area contributed by atoms with E-state index in [2.05, 4.69) is 11.8 Å². The Kier molecular flexibility index (Phi) is 3.75. The molecule has 3 rings (SSSR count). The number of nitrogens with zero attached hydrogens (tertiary/aromatic N) is 1. The molecule has 0 amide bonds. The van der Waals surface area contributed by atoms with Crippen LogP contribution in [0.5, 0.6) is 0 Å². The minimum absolute atomic E-state index is 0.0882. The van der Waals surface area contributed by atoms with Gasteiger partial charge in [0.2, 0.25) is 0 Å². The first kappa shape index (κ1) is 14.8. The van der Waals surface area contributed by atoms with Crippen molar-refractivity contribution in [3.63, 3.8) is 0 Å². The predicted octanol–water partition coefficient (Wildman–Crippen LogP) is 3.52. The molecule has 0 aromatic heterocycles. The number of esters is 1. The standard InChI is InChI=1S/C19H21NO2/c1-14-17(15-10-6-4-7-11-15)22-18(21)19(2,20(14)3)16-12-8-5-9-13-16/h4-14,17H,1-3H3/t14-,17-,19+/m0/s1. The van der Waals surface area contributed by atoms with Crippen molar-refractivity contribution in [3.8, 4) is 0 Å². The normalized spacial score (nSPS) is 29.1. The zero-order valence-corrected chi connectivity index (χ0v) is 13.2. The van der Waals surface area contributed by atoms with Crippen LogP contribution in [0.4, 0.5) is 0 Å². The molecule has 2 aromatic rings. The first-order valence-corrected chi connectivity index (χ1v) is 7.59. The highest BCUT2D eigenvalue weighted by atomic mass is 16.6. The minimum Gasteiger partial charge on any atom is -0.454 e. The maximum absolute atomic E-state index is 12.8. The summed E-state index contributed by atoms with van der Waals surface area (Å²) in [6, 6.07) is 19.8. The number of morpholine rings is 1. The molecule has 1 saturated heterocycles. The third kappa shape index (κ3) is 2.22. The number of hydrogen-bond acceptors (Lipinski definition) is 3. The smallest absolute Gasteiger partial charge is 0.331 e. The number of carbonyl (C=O) groups is 1. The zero-order valence-electron chi connectivity index (χ0n) is 13.2. The van der Waals surface area contributed by atoms with E-state index in [1.165, 1.54) is 0 Å². The molecule has 3 heteroatoms. The summed E-state index contributed by atoms with van der Waals surface area (Å²) < 4.78 is 5.84. The van der Waals surface area contributed by atoms with E-state index in [-0.39, 0.29) is 18.1 Å². The molecular weight excluding hydrogens is 274 g/mol. The second-order valence-electron chi connectivity index (χ2n) is 6.03. The monoisotopic (exact) mass is 295 g/mol. The van der Waals surface area contributed by atoms with Gasteiger partial charge in [0.15, 0.2) is 0 Å². The summed E-state index contributed by atoms with van der Waals surface area (Å²) in [5.41, 5.74) is 1.23. The molecule has 0 bridgehead atoms. The lowest BCUT2D eigenvalue weighted by molar-refractivity contribution is -0.185. The fraction of sp³-hybridized carbons (Fsp3) is 0.316. The van der Waals surface area contributed by atoms with Crippen LogP contribution < -0.4 is 0 Å². The Morgan fingerprint density at radius 2 is 1.55 bits per heavy atom. The number of cyclic esters (lactones) is 1. The minimum atomic E-state index is -0.758. The fourth-order valence-electron chi connectivity index (χ4n) is 3.16. The highest BCUT2D eigenvalue weighted by Gasteiger charge is 2.50. The summed E-state index contributed by atoms with van der Waals surface area (Å²) >= 11 is 0. The van der Waals surface area contributed by atoms with Crippen LogP contribution in [-0.2, 0) is 15.1 Å². The van der Waals surface area contributed by atoms with E-state index in [1.54, 1.807) is 0 Å². The van der Waals surface area contributed by atoms with Crippen LogP contribution in [-0.4, -0.2) is 24.0 Å². The Balaban J connectivity index is 1.98. The average Bonchev–Trinajstić information content (AvgIpc) is 2.58. The van der Waals surface area contributed by atoms with Crippen molar-refractivity contribution in [2.24, 2.45) is 0 Å². The number of likely N-dealkylation sites (N-methyl/N-ethyl adjacent to an activating group) is 1. The molecular formula is C19H21NO2. The largest absolute Gasteiger partial charge is 0.454 e. The molecule has 2 aromatic carbocycles. The molecule has 0 radical (unpaired) electrons. The van der Waals surface area contributed by atoms with Crippen LogP contribution in [0.1, 0.15) is 31.1 Å². The van der Waals surface area contributed by atoms with Crippen LogP contribution in [0.15, 0.2) is 60.7 Å². The molecule has 0 aliphatic carbocycles. The van der Waals surface area contributed by atoms with E-state index in [0.717, 1.165) is 11.1 Å². The summed E-state index contributed by atoms with van der Waals surface area (Å²) in [4.78, 5) is 14.9. The predicted molar refractivity (Wildman–Crippen MR) is 86.3 cm³/mol. The molecule has 22 heavy (non-hydrogen) atoms. The molecule has 3 nitrogen and oxygen atoms in total. The number of ether oxygens (including phenoxy) is 1. The summed E-state index contributed by atoms with van der Waals surface area (Å²) in [6.07, 6.45) is -0.240. The van der Waals surface area contributed by atoms with Gasteiger partial charge in [-0.1, -0.05) is 60.7 Å². The van der Waals surface area contributed by atoms with Gasteiger partial charge in [-0.15, -0.1) is 0 Å². The van der Waals surface area contributed by atoms with Gasteiger partial charge in [-0.25, -0.2) is 4.79 Å². The van der Waals surface area contributed by atoms with E-state index in [9.17, 15) is 4.79 Å². The average molecular weight is 295 g/mol. The lowest BCUT2D eigenvalue weighted by Gasteiger charge is -2.48. The van der Waals surface area contributed by atoms with E-state index in [4.69, 9.17) is 4.74 Å². The van der Waals surface area contributed by atoms with E-state index in [1.807, 2.05) is 74.6 Å². The Morgan fingerprint density at radius 1 is 1.00 bits per heavy atom. The van der Waals surface area contributed by atoms with Crippen molar-refractivity contribution in [3.05, 3.63) is 71.8 Å². The topological polar surface area (TPSA) is 29.5 Å². The summed E-state index contributed by atoms with van der Waals surface area (Å²) in [7, 11) is 1.99. The zero-order chi connectivity index (χ0) is 15.7.